The summed E-state index contributed by atoms with van der Waals surface area (Å²) in [5, 5.41) is 0. The van der Waals surface area contributed by atoms with E-state index in [1.54, 1.807) is 0 Å². The molecule has 1 heterocycles. The molecule has 0 bridgehead atoms. The molecule has 0 radical (unpaired) electrons. The van der Waals surface area contributed by atoms with Gasteiger partial charge in [-0.3, -0.25) is 0 Å². The fraction of sp³-hybridized carbons (Fsp3) is 1.00. The molecule has 1 nitrogen and oxygen atoms in total. The maximum Gasteiger partial charge on any atom is 0.0188 e. The lowest BCUT2D eigenvalue weighted by atomic mass is 10.2. The van der Waals surface area contributed by atoms with Crippen LogP contribution in [0.25, 0.3) is 0 Å². The Morgan fingerprint density at radius 3 is 2.33 bits per heavy atom. The van der Waals surface area contributed by atoms with Gasteiger partial charge in [0.25, 0.3) is 0 Å². The van der Waals surface area contributed by atoms with E-state index in [1.807, 2.05) is 0 Å². The molecule has 1 aliphatic rings. The minimum atomic E-state index is 0. The van der Waals surface area contributed by atoms with Crippen LogP contribution >= 0.6 is 24.2 Å². The maximum atomic E-state index is 2.32. The van der Waals surface area contributed by atoms with Crippen LogP contribution in [-0.2, 0) is 0 Å². The van der Waals surface area contributed by atoms with Gasteiger partial charge in [0, 0.05) is 11.8 Å². The topological polar surface area (TPSA) is 3.24 Å². The van der Waals surface area contributed by atoms with Crippen molar-refractivity contribution in [3.63, 3.8) is 0 Å². The van der Waals surface area contributed by atoms with Gasteiger partial charge in [-0.2, -0.15) is 11.8 Å². The molecule has 9 heavy (non-hydrogen) atoms. The van der Waals surface area contributed by atoms with Crippen LogP contribution in [0.1, 0.15) is 6.42 Å². The predicted octanol–water partition coefficient (Wildman–Crippen LogP) is 1.48. The van der Waals surface area contributed by atoms with E-state index in [1.165, 1.54) is 17.9 Å². The minimum absolute atomic E-state index is 0. The average Bonchev–Trinajstić information content (AvgIpc) is 2.12. The highest BCUT2D eigenvalue weighted by Gasteiger charge is 2.16. The highest BCUT2D eigenvalue weighted by Crippen LogP contribution is 2.19. The molecule has 1 aliphatic heterocycles. The summed E-state index contributed by atoms with van der Waals surface area (Å²) in [5.74, 6) is 2.70. The number of hydrogen-bond acceptors (Lipinski definition) is 2. The third kappa shape index (κ3) is 2.78. The summed E-state index contributed by atoms with van der Waals surface area (Å²) in [7, 11) is 4.33. The zero-order chi connectivity index (χ0) is 5.98. The van der Waals surface area contributed by atoms with E-state index in [0.717, 1.165) is 6.04 Å². The Morgan fingerprint density at radius 2 is 2.11 bits per heavy atom. The number of thioether (sulfide) groups is 1. The third-order valence-corrected chi connectivity index (χ3v) is 2.78. The van der Waals surface area contributed by atoms with E-state index in [-0.39, 0.29) is 12.4 Å². The zero-order valence-electron chi connectivity index (χ0n) is 5.96. The van der Waals surface area contributed by atoms with Crippen LogP contribution in [0.4, 0.5) is 0 Å². The van der Waals surface area contributed by atoms with Gasteiger partial charge in [-0.05, 0) is 26.3 Å². The minimum Gasteiger partial charge on any atom is -0.306 e. The second-order valence-corrected chi connectivity index (χ2v) is 3.63. The molecule has 0 aliphatic carbocycles. The highest BCUT2D eigenvalue weighted by molar-refractivity contribution is 7.99. The van der Waals surface area contributed by atoms with Gasteiger partial charge in [0.15, 0.2) is 0 Å². The van der Waals surface area contributed by atoms with E-state index in [0.29, 0.717) is 0 Å². The van der Waals surface area contributed by atoms with Crippen molar-refractivity contribution in [1.29, 1.82) is 0 Å². The van der Waals surface area contributed by atoms with Gasteiger partial charge in [0.2, 0.25) is 0 Å². The first-order valence-corrected chi connectivity index (χ1v) is 4.20. The van der Waals surface area contributed by atoms with Crippen LogP contribution in [0, 0.1) is 0 Å². The highest BCUT2D eigenvalue weighted by atomic mass is 35.5. The molecule has 1 fully saturated rings. The van der Waals surface area contributed by atoms with Crippen molar-refractivity contribution in [3.8, 4) is 0 Å². The van der Waals surface area contributed by atoms with Crippen LogP contribution in [0.15, 0.2) is 0 Å². The monoisotopic (exact) mass is 167 g/mol. The molecular formula is C6H14ClNS. The summed E-state index contributed by atoms with van der Waals surface area (Å²) in [6.07, 6.45) is 1.39. The molecule has 56 valence electrons. The first-order chi connectivity index (χ1) is 3.80. The quantitative estimate of drug-likeness (QED) is 0.582. The molecular weight excluding hydrogens is 154 g/mol. The largest absolute Gasteiger partial charge is 0.306 e. The molecule has 3 heteroatoms. The van der Waals surface area contributed by atoms with E-state index < -0.39 is 0 Å². The second kappa shape index (κ2) is 4.42. The maximum absolute atomic E-state index is 2.32. The smallest absolute Gasteiger partial charge is 0.0188 e. The Bertz CT molecular complexity index is 71.5. The van der Waals surface area contributed by atoms with Gasteiger partial charge < -0.3 is 4.90 Å². The molecule has 1 saturated heterocycles. The number of nitrogens with zero attached hydrogens (tertiary/aromatic N) is 1. The summed E-state index contributed by atoms with van der Waals surface area (Å²) in [6, 6.07) is 0.861. The fourth-order valence-electron chi connectivity index (χ4n) is 0.929. The van der Waals surface area contributed by atoms with Crippen LogP contribution in [0.5, 0.6) is 0 Å². The van der Waals surface area contributed by atoms with Crippen molar-refractivity contribution in [2.45, 2.75) is 12.5 Å². The van der Waals surface area contributed by atoms with Crippen molar-refractivity contribution in [1.82, 2.24) is 4.90 Å². The molecule has 0 aromatic heterocycles. The van der Waals surface area contributed by atoms with Crippen molar-refractivity contribution in [2.24, 2.45) is 0 Å². The van der Waals surface area contributed by atoms with E-state index in [4.69, 9.17) is 0 Å². The van der Waals surface area contributed by atoms with Crippen molar-refractivity contribution >= 4 is 24.2 Å². The fourth-order valence-corrected chi connectivity index (χ4v) is 2.27. The summed E-state index contributed by atoms with van der Waals surface area (Å²) in [5.41, 5.74) is 0. The first-order valence-electron chi connectivity index (χ1n) is 3.05. The molecule has 1 atom stereocenters. The number of halogens is 1. The van der Waals surface area contributed by atoms with Gasteiger partial charge in [0.05, 0.1) is 0 Å². The summed E-state index contributed by atoms with van der Waals surface area (Å²) in [4.78, 5) is 2.32. The number of rotatable bonds is 1. The molecule has 0 aromatic rings. The summed E-state index contributed by atoms with van der Waals surface area (Å²) < 4.78 is 0. The average molecular weight is 168 g/mol. The molecule has 0 amide bonds. The van der Waals surface area contributed by atoms with Gasteiger partial charge >= 0.3 is 0 Å². The molecule has 0 saturated carbocycles. The lowest BCUT2D eigenvalue weighted by molar-refractivity contribution is 0.320. The van der Waals surface area contributed by atoms with Gasteiger partial charge in [0.1, 0.15) is 0 Å². The van der Waals surface area contributed by atoms with E-state index in [2.05, 4.69) is 30.8 Å². The number of hydrogen-bond donors (Lipinski definition) is 0. The van der Waals surface area contributed by atoms with Crippen LogP contribution in [0.2, 0.25) is 0 Å². The van der Waals surface area contributed by atoms with Crippen molar-refractivity contribution < 1.29 is 0 Å². The zero-order valence-corrected chi connectivity index (χ0v) is 7.60. The molecule has 0 N–H and O–H groups in total. The van der Waals surface area contributed by atoms with Gasteiger partial charge in [-0.1, -0.05) is 0 Å². The Balaban J connectivity index is 0.000000640. The SMILES string of the molecule is CN(C)C1CCSC1.Cl. The normalized spacial score (nSPS) is 26.3. The lowest BCUT2D eigenvalue weighted by Gasteiger charge is -2.16. The summed E-state index contributed by atoms with van der Waals surface area (Å²) >= 11 is 2.07. The van der Waals surface area contributed by atoms with Crippen molar-refractivity contribution in [3.05, 3.63) is 0 Å². The van der Waals surface area contributed by atoms with Gasteiger partial charge in [-0.15, -0.1) is 12.4 Å². The Labute approximate surface area is 67.6 Å². The van der Waals surface area contributed by atoms with Crippen LogP contribution in [0.3, 0.4) is 0 Å². The van der Waals surface area contributed by atoms with E-state index >= 15 is 0 Å². The molecule has 0 aromatic carbocycles. The van der Waals surface area contributed by atoms with Crippen molar-refractivity contribution in [2.75, 3.05) is 25.6 Å². The standard InChI is InChI=1S/C6H13NS.ClH/c1-7(2)6-3-4-8-5-6;/h6H,3-5H2,1-2H3;1H. The second-order valence-electron chi connectivity index (χ2n) is 2.48. The predicted molar refractivity (Wildman–Crippen MR) is 46.7 cm³/mol. The Kier molecular flexibility index (Phi) is 4.72. The van der Waals surface area contributed by atoms with Crippen LogP contribution in [-0.4, -0.2) is 36.5 Å². The van der Waals surface area contributed by atoms with Gasteiger partial charge in [-0.25, -0.2) is 0 Å². The summed E-state index contributed by atoms with van der Waals surface area (Å²) in [6.45, 7) is 0. The van der Waals surface area contributed by atoms with E-state index in [9.17, 15) is 0 Å². The third-order valence-electron chi connectivity index (χ3n) is 1.64. The first kappa shape index (κ1) is 9.60. The lowest BCUT2D eigenvalue weighted by Crippen LogP contribution is -2.26. The molecule has 1 unspecified atom stereocenters. The Hall–Kier alpha value is 0.600. The van der Waals surface area contributed by atoms with Crippen LogP contribution < -0.4 is 0 Å². The Morgan fingerprint density at radius 1 is 1.44 bits per heavy atom. The molecule has 0 spiro atoms. The molecule has 1 rings (SSSR count).